The summed E-state index contributed by atoms with van der Waals surface area (Å²) in [6.07, 6.45) is -1.46. The van der Waals surface area contributed by atoms with Crippen LogP contribution in [0.5, 0.6) is 0 Å². The third-order valence-corrected chi connectivity index (χ3v) is 2.91. The molecule has 0 unspecified atom stereocenters. The predicted molar refractivity (Wildman–Crippen MR) is 51.5 cm³/mol. The van der Waals surface area contributed by atoms with E-state index in [0.717, 1.165) is 0 Å². The van der Waals surface area contributed by atoms with Gasteiger partial charge < -0.3 is 0 Å². The topological polar surface area (TPSA) is 12.9 Å². The van der Waals surface area contributed by atoms with Crippen molar-refractivity contribution in [3.8, 4) is 0 Å². The number of aromatic nitrogens is 1. The van der Waals surface area contributed by atoms with Crippen molar-refractivity contribution in [3.05, 3.63) is 26.9 Å². The van der Waals surface area contributed by atoms with E-state index in [1.165, 1.54) is 6.20 Å². The Kier molecular flexibility index (Phi) is 3.88. The quantitative estimate of drug-likeness (QED) is 0.745. The van der Waals surface area contributed by atoms with Crippen molar-refractivity contribution in [3.63, 3.8) is 0 Å². The van der Waals surface area contributed by atoms with Crippen molar-refractivity contribution in [1.82, 2.24) is 4.98 Å². The standard InChI is InChI=1S/C7H4BrCl2F2N/c8-5-3(1-9)4(10)2-13-6(5)7(11)12/h2,7H,1H2. The number of halogens is 5. The van der Waals surface area contributed by atoms with Gasteiger partial charge in [-0.25, -0.2) is 8.78 Å². The third kappa shape index (κ3) is 2.30. The van der Waals surface area contributed by atoms with Gasteiger partial charge in [0.05, 0.1) is 15.4 Å². The van der Waals surface area contributed by atoms with Crippen LogP contribution in [0.15, 0.2) is 10.7 Å². The molecule has 0 aliphatic rings. The van der Waals surface area contributed by atoms with Crippen LogP contribution >= 0.6 is 39.1 Å². The lowest BCUT2D eigenvalue weighted by Crippen LogP contribution is -1.96. The van der Waals surface area contributed by atoms with E-state index >= 15 is 0 Å². The van der Waals surface area contributed by atoms with Crippen molar-refractivity contribution < 1.29 is 8.78 Å². The minimum Gasteiger partial charge on any atom is -0.253 e. The third-order valence-electron chi connectivity index (χ3n) is 1.44. The molecular weight excluding hydrogens is 287 g/mol. The predicted octanol–water partition coefficient (Wildman–Crippen LogP) is 4.17. The summed E-state index contributed by atoms with van der Waals surface area (Å²) in [5.74, 6) is 0.0711. The Morgan fingerprint density at radius 3 is 2.62 bits per heavy atom. The summed E-state index contributed by atoms with van der Waals surface area (Å²) < 4.78 is 24.8. The molecule has 0 aromatic carbocycles. The van der Waals surface area contributed by atoms with Gasteiger partial charge in [-0.3, -0.25) is 4.98 Å². The van der Waals surface area contributed by atoms with Crippen LogP contribution < -0.4 is 0 Å². The zero-order valence-electron chi connectivity index (χ0n) is 6.20. The Morgan fingerprint density at radius 2 is 2.15 bits per heavy atom. The second-order valence-electron chi connectivity index (χ2n) is 2.22. The van der Waals surface area contributed by atoms with Crippen LogP contribution in [0, 0.1) is 0 Å². The summed E-state index contributed by atoms with van der Waals surface area (Å²) in [5, 5.41) is 0.284. The van der Waals surface area contributed by atoms with Crippen LogP contribution in [0.2, 0.25) is 5.02 Å². The van der Waals surface area contributed by atoms with E-state index < -0.39 is 6.43 Å². The van der Waals surface area contributed by atoms with Gasteiger partial charge in [-0.2, -0.15) is 0 Å². The second kappa shape index (κ2) is 4.53. The lowest BCUT2D eigenvalue weighted by atomic mass is 10.2. The van der Waals surface area contributed by atoms with E-state index in [-0.39, 0.29) is 21.1 Å². The van der Waals surface area contributed by atoms with E-state index in [9.17, 15) is 8.78 Å². The molecule has 0 fully saturated rings. The second-order valence-corrected chi connectivity index (χ2v) is 3.69. The van der Waals surface area contributed by atoms with Gasteiger partial charge in [0.25, 0.3) is 6.43 Å². The number of rotatable bonds is 2. The molecule has 0 amide bonds. The molecular formula is C7H4BrCl2F2N. The summed E-state index contributed by atoms with van der Waals surface area (Å²) in [6, 6.07) is 0. The number of nitrogens with zero attached hydrogens (tertiary/aromatic N) is 1. The highest BCUT2D eigenvalue weighted by Crippen LogP contribution is 2.32. The highest BCUT2D eigenvalue weighted by molar-refractivity contribution is 9.10. The van der Waals surface area contributed by atoms with Crippen molar-refractivity contribution in [2.24, 2.45) is 0 Å². The molecule has 1 nitrogen and oxygen atoms in total. The normalized spacial score (nSPS) is 10.9. The zero-order chi connectivity index (χ0) is 10.0. The zero-order valence-corrected chi connectivity index (χ0v) is 9.30. The van der Waals surface area contributed by atoms with Crippen molar-refractivity contribution in [2.45, 2.75) is 12.3 Å². The molecule has 0 radical (unpaired) electrons. The van der Waals surface area contributed by atoms with Gasteiger partial charge >= 0.3 is 0 Å². The Bertz CT molecular complexity index is 320. The lowest BCUT2D eigenvalue weighted by Gasteiger charge is -2.07. The number of pyridine rings is 1. The minimum atomic E-state index is -2.63. The molecule has 6 heteroatoms. The molecule has 0 saturated heterocycles. The minimum absolute atomic E-state index is 0.0711. The molecule has 0 bridgehead atoms. The van der Waals surface area contributed by atoms with Gasteiger partial charge in [0, 0.05) is 11.8 Å². The maximum absolute atomic E-state index is 12.3. The van der Waals surface area contributed by atoms with Crippen molar-refractivity contribution in [2.75, 3.05) is 0 Å². The largest absolute Gasteiger partial charge is 0.281 e. The van der Waals surface area contributed by atoms with Gasteiger partial charge in [-0.1, -0.05) is 11.6 Å². The van der Waals surface area contributed by atoms with E-state index in [4.69, 9.17) is 23.2 Å². The summed E-state index contributed by atoms with van der Waals surface area (Å²) >= 11 is 14.2. The van der Waals surface area contributed by atoms with Crippen LogP contribution in [0.1, 0.15) is 17.7 Å². The molecule has 1 aromatic rings. The van der Waals surface area contributed by atoms with E-state index in [2.05, 4.69) is 20.9 Å². The maximum Gasteiger partial charge on any atom is 0.281 e. The molecule has 0 aliphatic heterocycles. The van der Waals surface area contributed by atoms with E-state index in [1.54, 1.807) is 0 Å². The highest BCUT2D eigenvalue weighted by atomic mass is 79.9. The van der Waals surface area contributed by atoms with Gasteiger partial charge in [-0.05, 0) is 15.9 Å². The molecule has 0 spiro atoms. The van der Waals surface area contributed by atoms with Crippen LogP contribution in [-0.4, -0.2) is 4.98 Å². The molecule has 0 saturated carbocycles. The number of alkyl halides is 3. The first-order chi connectivity index (χ1) is 6.07. The molecule has 1 rings (SSSR count). The Balaban J connectivity index is 3.27. The highest BCUT2D eigenvalue weighted by Gasteiger charge is 2.17. The van der Waals surface area contributed by atoms with Gasteiger partial charge in [0.1, 0.15) is 5.69 Å². The summed E-state index contributed by atoms with van der Waals surface area (Å²) in [5.41, 5.74) is 0.105. The van der Waals surface area contributed by atoms with Crippen LogP contribution in [-0.2, 0) is 5.88 Å². The fourth-order valence-electron chi connectivity index (χ4n) is 0.795. The van der Waals surface area contributed by atoms with Crippen molar-refractivity contribution >= 4 is 39.1 Å². The average Bonchev–Trinajstić information content (AvgIpc) is 2.04. The lowest BCUT2D eigenvalue weighted by molar-refractivity contribution is 0.145. The number of hydrogen-bond donors (Lipinski definition) is 0. The molecule has 13 heavy (non-hydrogen) atoms. The average molecular weight is 291 g/mol. The van der Waals surface area contributed by atoms with Gasteiger partial charge in [0.2, 0.25) is 0 Å². The van der Waals surface area contributed by atoms with Gasteiger partial charge in [-0.15, -0.1) is 11.6 Å². The van der Waals surface area contributed by atoms with Crippen LogP contribution in [0.3, 0.4) is 0 Å². The van der Waals surface area contributed by atoms with Crippen molar-refractivity contribution in [1.29, 1.82) is 0 Å². The van der Waals surface area contributed by atoms with E-state index in [1.807, 2.05) is 0 Å². The number of hydrogen-bond acceptors (Lipinski definition) is 1. The summed E-state index contributed by atoms with van der Waals surface area (Å²) in [4.78, 5) is 3.50. The van der Waals surface area contributed by atoms with Crippen LogP contribution in [0.25, 0.3) is 0 Å². The summed E-state index contributed by atoms with van der Waals surface area (Å²) in [6.45, 7) is 0. The monoisotopic (exact) mass is 289 g/mol. The summed E-state index contributed by atoms with van der Waals surface area (Å²) in [7, 11) is 0. The van der Waals surface area contributed by atoms with E-state index in [0.29, 0.717) is 5.56 Å². The molecule has 1 aromatic heterocycles. The maximum atomic E-state index is 12.3. The molecule has 72 valence electrons. The molecule has 0 N–H and O–H groups in total. The fraction of sp³-hybridized carbons (Fsp3) is 0.286. The molecule has 0 aliphatic carbocycles. The first kappa shape index (κ1) is 11.1. The first-order valence-corrected chi connectivity index (χ1v) is 4.95. The van der Waals surface area contributed by atoms with Gasteiger partial charge in [0.15, 0.2) is 0 Å². The Labute approximate surface area is 92.2 Å². The fourth-order valence-corrected chi connectivity index (χ4v) is 2.26. The van der Waals surface area contributed by atoms with Crippen LogP contribution in [0.4, 0.5) is 8.78 Å². The Hall–Kier alpha value is 0.0700. The Morgan fingerprint density at radius 1 is 1.54 bits per heavy atom. The smallest absolute Gasteiger partial charge is 0.253 e. The molecule has 1 heterocycles. The molecule has 0 atom stereocenters. The SMILES string of the molecule is FC(F)c1ncc(Cl)c(CCl)c1Br. The first-order valence-electron chi connectivity index (χ1n) is 3.24.